The van der Waals surface area contributed by atoms with E-state index in [-0.39, 0.29) is 5.41 Å². The maximum Gasteiger partial charge on any atom is 0.0715 e. The molecule has 0 bridgehead atoms. The molecule has 16 heavy (non-hydrogen) atoms. The molecule has 1 rings (SSSR count). The van der Waals surface area contributed by atoms with Crippen molar-refractivity contribution in [2.24, 2.45) is 0 Å². The van der Waals surface area contributed by atoms with E-state index in [1.54, 1.807) is 13.8 Å². The monoisotopic (exact) mass is 222 g/mol. The summed E-state index contributed by atoms with van der Waals surface area (Å²) in [5, 5.41) is 12.9. The summed E-state index contributed by atoms with van der Waals surface area (Å²) in [6, 6.07) is 4.07. The number of aliphatic hydroxyl groups is 1. The van der Waals surface area contributed by atoms with E-state index in [0.29, 0.717) is 6.54 Å². The standard InChI is InChI=1S/C13H22N2O/c1-12(2,9-15-10-13(3,4)16)11-5-7-14-8-6-11/h5-8,15-16H,9-10H2,1-4H3. The Morgan fingerprint density at radius 3 is 2.19 bits per heavy atom. The minimum atomic E-state index is -0.658. The van der Waals surface area contributed by atoms with Crippen molar-refractivity contribution in [1.82, 2.24) is 10.3 Å². The molecule has 2 N–H and O–H groups in total. The van der Waals surface area contributed by atoms with Crippen molar-refractivity contribution in [2.75, 3.05) is 13.1 Å². The summed E-state index contributed by atoms with van der Waals surface area (Å²) >= 11 is 0. The average Bonchev–Trinajstić information content (AvgIpc) is 2.17. The fourth-order valence-electron chi connectivity index (χ4n) is 1.59. The summed E-state index contributed by atoms with van der Waals surface area (Å²) in [5.41, 5.74) is 0.647. The van der Waals surface area contributed by atoms with Crippen molar-refractivity contribution in [3.05, 3.63) is 30.1 Å². The molecule has 1 aromatic heterocycles. The van der Waals surface area contributed by atoms with Crippen LogP contribution in [0.15, 0.2) is 24.5 Å². The molecule has 3 heteroatoms. The lowest BCUT2D eigenvalue weighted by Gasteiger charge is -2.27. The van der Waals surface area contributed by atoms with Gasteiger partial charge in [0.25, 0.3) is 0 Å². The molecule has 0 amide bonds. The number of hydrogen-bond donors (Lipinski definition) is 2. The van der Waals surface area contributed by atoms with Gasteiger partial charge in [-0.3, -0.25) is 4.98 Å². The van der Waals surface area contributed by atoms with Gasteiger partial charge in [-0.1, -0.05) is 13.8 Å². The Bertz CT molecular complexity index is 314. The molecule has 1 heterocycles. The highest BCUT2D eigenvalue weighted by Crippen LogP contribution is 2.21. The average molecular weight is 222 g/mol. The van der Waals surface area contributed by atoms with Gasteiger partial charge in [0.05, 0.1) is 5.60 Å². The zero-order valence-electron chi connectivity index (χ0n) is 10.6. The second-order valence-electron chi connectivity index (χ2n) is 5.54. The van der Waals surface area contributed by atoms with E-state index in [0.717, 1.165) is 6.54 Å². The van der Waals surface area contributed by atoms with Crippen LogP contribution in [0.1, 0.15) is 33.3 Å². The molecule has 1 aromatic rings. The molecule has 0 aliphatic rings. The molecular weight excluding hydrogens is 200 g/mol. The smallest absolute Gasteiger partial charge is 0.0715 e. The molecule has 90 valence electrons. The van der Waals surface area contributed by atoms with Crippen LogP contribution in [0.5, 0.6) is 0 Å². The fourth-order valence-corrected chi connectivity index (χ4v) is 1.59. The normalized spacial score (nSPS) is 12.8. The third kappa shape index (κ3) is 4.29. The Labute approximate surface area is 97.9 Å². The van der Waals surface area contributed by atoms with Gasteiger partial charge in [0.15, 0.2) is 0 Å². The van der Waals surface area contributed by atoms with E-state index in [2.05, 4.69) is 24.1 Å². The fraction of sp³-hybridized carbons (Fsp3) is 0.615. The summed E-state index contributed by atoms with van der Waals surface area (Å²) in [4.78, 5) is 4.02. The van der Waals surface area contributed by atoms with Crippen LogP contribution in [0, 0.1) is 0 Å². The van der Waals surface area contributed by atoms with Crippen molar-refractivity contribution < 1.29 is 5.11 Å². The molecule has 0 saturated carbocycles. The summed E-state index contributed by atoms with van der Waals surface area (Å²) in [6.07, 6.45) is 3.63. The van der Waals surface area contributed by atoms with Gasteiger partial charge >= 0.3 is 0 Å². The molecule has 0 atom stereocenters. The number of rotatable bonds is 5. The topological polar surface area (TPSA) is 45.1 Å². The Morgan fingerprint density at radius 1 is 1.12 bits per heavy atom. The molecule has 0 saturated heterocycles. The Kier molecular flexibility index (Phi) is 4.05. The molecule has 0 aliphatic carbocycles. The first-order valence-corrected chi connectivity index (χ1v) is 5.65. The predicted molar refractivity (Wildman–Crippen MR) is 66.4 cm³/mol. The Morgan fingerprint density at radius 2 is 1.69 bits per heavy atom. The Balaban J connectivity index is 2.53. The lowest BCUT2D eigenvalue weighted by Crippen LogP contribution is -2.41. The van der Waals surface area contributed by atoms with E-state index in [1.807, 2.05) is 24.5 Å². The zero-order chi connectivity index (χ0) is 12.2. The van der Waals surface area contributed by atoms with Gasteiger partial charge in [-0.05, 0) is 31.5 Å². The summed E-state index contributed by atoms with van der Waals surface area (Å²) < 4.78 is 0. The van der Waals surface area contributed by atoms with Gasteiger partial charge in [0, 0.05) is 30.9 Å². The maximum absolute atomic E-state index is 9.61. The number of aromatic nitrogens is 1. The van der Waals surface area contributed by atoms with Crippen LogP contribution in [-0.4, -0.2) is 28.8 Å². The van der Waals surface area contributed by atoms with E-state index < -0.39 is 5.60 Å². The van der Waals surface area contributed by atoms with Crippen LogP contribution in [0.3, 0.4) is 0 Å². The quantitative estimate of drug-likeness (QED) is 0.797. The highest BCUT2D eigenvalue weighted by Gasteiger charge is 2.21. The van der Waals surface area contributed by atoms with E-state index >= 15 is 0 Å². The van der Waals surface area contributed by atoms with Crippen LogP contribution >= 0.6 is 0 Å². The van der Waals surface area contributed by atoms with Gasteiger partial charge in [0.1, 0.15) is 0 Å². The van der Waals surface area contributed by atoms with Crippen LogP contribution < -0.4 is 5.32 Å². The molecule has 3 nitrogen and oxygen atoms in total. The van der Waals surface area contributed by atoms with E-state index in [4.69, 9.17) is 0 Å². The lowest BCUT2D eigenvalue weighted by molar-refractivity contribution is 0.0785. The van der Waals surface area contributed by atoms with Crippen LogP contribution in [0.4, 0.5) is 0 Å². The molecule has 0 spiro atoms. The van der Waals surface area contributed by atoms with E-state index in [1.165, 1.54) is 5.56 Å². The van der Waals surface area contributed by atoms with E-state index in [9.17, 15) is 5.11 Å². The lowest BCUT2D eigenvalue weighted by atomic mass is 9.85. The van der Waals surface area contributed by atoms with Crippen molar-refractivity contribution in [2.45, 2.75) is 38.7 Å². The minimum Gasteiger partial charge on any atom is -0.389 e. The van der Waals surface area contributed by atoms with Crippen LogP contribution in [-0.2, 0) is 5.41 Å². The number of nitrogens with one attached hydrogen (secondary N) is 1. The van der Waals surface area contributed by atoms with Gasteiger partial charge in [0.2, 0.25) is 0 Å². The van der Waals surface area contributed by atoms with Gasteiger partial charge in [-0.15, -0.1) is 0 Å². The molecule has 0 unspecified atom stereocenters. The van der Waals surface area contributed by atoms with Gasteiger partial charge < -0.3 is 10.4 Å². The highest BCUT2D eigenvalue weighted by atomic mass is 16.3. The SMILES string of the molecule is CC(C)(O)CNCC(C)(C)c1ccncc1. The first-order chi connectivity index (χ1) is 7.31. The number of hydrogen-bond acceptors (Lipinski definition) is 3. The first kappa shape index (κ1) is 13.1. The summed E-state index contributed by atoms with van der Waals surface area (Å²) in [5.74, 6) is 0. The number of nitrogens with zero attached hydrogens (tertiary/aromatic N) is 1. The Hall–Kier alpha value is -0.930. The number of pyridine rings is 1. The van der Waals surface area contributed by atoms with Crippen molar-refractivity contribution in [3.8, 4) is 0 Å². The minimum absolute atomic E-state index is 0.0498. The van der Waals surface area contributed by atoms with Gasteiger partial charge in [-0.25, -0.2) is 0 Å². The molecular formula is C13H22N2O. The second-order valence-corrected chi connectivity index (χ2v) is 5.54. The third-order valence-corrected chi connectivity index (χ3v) is 2.59. The molecule has 0 fully saturated rings. The highest BCUT2D eigenvalue weighted by molar-refractivity contribution is 5.20. The van der Waals surface area contributed by atoms with Crippen molar-refractivity contribution >= 4 is 0 Å². The van der Waals surface area contributed by atoms with Crippen LogP contribution in [0.25, 0.3) is 0 Å². The second kappa shape index (κ2) is 4.93. The zero-order valence-corrected chi connectivity index (χ0v) is 10.6. The molecule has 0 aromatic carbocycles. The van der Waals surface area contributed by atoms with Gasteiger partial charge in [-0.2, -0.15) is 0 Å². The largest absolute Gasteiger partial charge is 0.389 e. The predicted octanol–water partition coefficient (Wildman–Crippen LogP) is 1.72. The van der Waals surface area contributed by atoms with Crippen molar-refractivity contribution in [3.63, 3.8) is 0 Å². The summed E-state index contributed by atoms with van der Waals surface area (Å²) in [6.45, 7) is 9.40. The summed E-state index contributed by atoms with van der Waals surface area (Å²) in [7, 11) is 0. The van der Waals surface area contributed by atoms with Crippen LogP contribution in [0.2, 0.25) is 0 Å². The van der Waals surface area contributed by atoms with Crippen molar-refractivity contribution in [1.29, 1.82) is 0 Å². The molecule has 0 aliphatic heterocycles. The maximum atomic E-state index is 9.61. The first-order valence-electron chi connectivity index (χ1n) is 5.65. The third-order valence-electron chi connectivity index (χ3n) is 2.59. The molecule has 0 radical (unpaired) electrons.